The highest BCUT2D eigenvalue weighted by molar-refractivity contribution is 9.10. The predicted octanol–water partition coefficient (Wildman–Crippen LogP) is 4.72. The molecular formula is C17H17BrN2S. The Kier molecular flexibility index (Phi) is 4.40. The van der Waals surface area contributed by atoms with Crippen LogP contribution >= 0.6 is 27.3 Å². The molecule has 0 fully saturated rings. The molecule has 21 heavy (non-hydrogen) atoms. The number of nitrogens with two attached hydrogens (primary N) is 1. The largest absolute Gasteiger partial charge is 0.271 e. The smallest absolute Gasteiger partial charge is 0.0503 e. The molecular weight excluding hydrogens is 344 g/mol. The third-order valence-corrected chi connectivity index (χ3v) is 5.74. The first kappa shape index (κ1) is 14.7. The molecule has 1 atom stereocenters. The van der Waals surface area contributed by atoms with Gasteiger partial charge in [0.15, 0.2) is 0 Å². The molecule has 2 aromatic carbocycles. The first-order valence-corrected chi connectivity index (χ1v) is 8.54. The lowest BCUT2D eigenvalue weighted by Gasteiger charge is -2.19. The Morgan fingerprint density at radius 2 is 2.00 bits per heavy atom. The molecule has 0 bridgehead atoms. The van der Waals surface area contributed by atoms with Gasteiger partial charge in [-0.25, -0.2) is 0 Å². The van der Waals surface area contributed by atoms with Crippen molar-refractivity contribution in [3.05, 3.63) is 69.0 Å². The summed E-state index contributed by atoms with van der Waals surface area (Å²) in [7, 11) is 0. The predicted molar refractivity (Wildman–Crippen MR) is 94.5 cm³/mol. The zero-order valence-corrected chi connectivity index (χ0v) is 14.2. The highest BCUT2D eigenvalue weighted by Gasteiger charge is 2.16. The van der Waals surface area contributed by atoms with Gasteiger partial charge in [0.05, 0.1) is 6.04 Å². The molecule has 0 saturated carbocycles. The summed E-state index contributed by atoms with van der Waals surface area (Å²) < 4.78 is 2.45. The van der Waals surface area contributed by atoms with Crippen LogP contribution < -0.4 is 11.3 Å². The third kappa shape index (κ3) is 2.90. The van der Waals surface area contributed by atoms with E-state index in [4.69, 9.17) is 5.84 Å². The summed E-state index contributed by atoms with van der Waals surface area (Å²) in [6.45, 7) is 2.12. The molecule has 3 rings (SSSR count). The van der Waals surface area contributed by atoms with Gasteiger partial charge in [-0.05, 0) is 52.9 Å². The Morgan fingerprint density at radius 3 is 2.81 bits per heavy atom. The fourth-order valence-corrected chi connectivity index (χ4v) is 4.03. The third-order valence-electron chi connectivity index (χ3n) is 3.87. The molecule has 0 amide bonds. The van der Waals surface area contributed by atoms with Crippen molar-refractivity contribution in [1.82, 2.24) is 5.43 Å². The summed E-state index contributed by atoms with van der Waals surface area (Å²) in [6.07, 6.45) is 0.887. The Morgan fingerprint density at radius 1 is 1.19 bits per heavy atom. The molecule has 0 spiro atoms. The second-order valence-corrected chi connectivity index (χ2v) is 6.90. The van der Waals surface area contributed by atoms with E-state index in [1.165, 1.54) is 26.8 Å². The van der Waals surface area contributed by atoms with E-state index in [1.807, 2.05) is 0 Å². The average molecular weight is 361 g/mol. The second-order valence-electron chi connectivity index (χ2n) is 5.13. The molecule has 3 N–H and O–H groups in total. The van der Waals surface area contributed by atoms with E-state index < -0.39 is 0 Å². The molecule has 0 aliphatic rings. The SMILES string of the molecule is Cc1c(Br)cccc1C(Cc1csc2ccccc12)NN. The van der Waals surface area contributed by atoms with E-state index in [0.717, 1.165) is 10.9 Å². The molecule has 0 aliphatic heterocycles. The standard InChI is InChI=1S/C17H17BrN2S/c1-11-13(6-4-7-15(11)18)16(20-19)9-12-10-21-17-8-3-2-5-14(12)17/h2-8,10,16,20H,9,19H2,1H3. The second kappa shape index (κ2) is 6.28. The fraction of sp³-hybridized carbons (Fsp3) is 0.176. The van der Waals surface area contributed by atoms with Gasteiger partial charge in [0, 0.05) is 9.17 Å². The van der Waals surface area contributed by atoms with E-state index in [0.29, 0.717) is 0 Å². The first-order valence-electron chi connectivity index (χ1n) is 6.87. The minimum atomic E-state index is 0.112. The Hall–Kier alpha value is -1.20. The number of thiophene rings is 1. The highest BCUT2D eigenvalue weighted by Crippen LogP contribution is 2.31. The van der Waals surface area contributed by atoms with Crippen LogP contribution in [-0.4, -0.2) is 0 Å². The Balaban J connectivity index is 1.96. The number of halogens is 1. The van der Waals surface area contributed by atoms with Crippen molar-refractivity contribution in [1.29, 1.82) is 0 Å². The van der Waals surface area contributed by atoms with E-state index in [2.05, 4.69) is 76.1 Å². The number of nitrogens with one attached hydrogen (secondary N) is 1. The van der Waals surface area contributed by atoms with Crippen LogP contribution in [0.4, 0.5) is 0 Å². The number of hydrazine groups is 1. The van der Waals surface area contributed by atoms with Crippen LogP contribution in [0.3, 0.4) is 0 Å². The van der Waals surface area contributed by atoms with E-state index in [1.54, 1.807) is 11.3 Å². The quantitative estimate of drug-likeness (QED) is 0.521. The van der Waals surface area contributed by atoms with Crippen molar-refractivity contribution in [3.63, 3.8) is 0 Å². The van der Waals surface area contributed by atoms with Crippen molar-refractivity contribution < 1.29 is 0 Å². The lowest BCUT2D eigenvalue weighted by atomic mass is 9.96. The van der Waals surface area contributed by atoms with Crippen molar-refractivity contribution >= 4 is 37.4 Å². The van der Waals surface area contributed by atoms with Crippen LogP contribution in [0.5, 0.6) is 0 Å². The van der Waals surface area contributed by atoms with Gasteiger partial charge in [-0.2, -0.15) is 0 Å². The average Bonchev–Trinajstić information content (AvgIpc) is 2.91. The van der Waals surface area contributed by atoms with Crippen LogP contribution in [-0.2, 0) is 6.42 Å². The van der Waals surface area contributed by atoms with Gasteiger partial charge in [0.25, 0.3) is 0 Å². The topological polar surface area (TPSA) is 38.0 Å². The van der Waals surface area contributed by atoms with Crippen LogP contribution in [0, 0.1) is 6.92 Å². The number of hydrogen-bond acceptors (Lipinski definition) is 3. The summed E-state index contributed by atoms with van der Waals surface area (Å²) in [5.41, 5.74) is 6.79. The monoisotopic (exact) mass is 360 g/mol. The summed E-state index contributed by atoms with van der Waals surface area (Å²) in [4.78, 5) is 0. The maximum atomic E-state index is 5.82. The number of rotatable bonds is 4. The molecule has 1 unspecified atom stereocenters. The molecule has 1 heterocycles. The van der Waals surface area contributed by atoms with E-state index in [9.17, 15) is 0 Å². The number of fused-ring (bicyclic) bond motifs is 1. The molecule has 0 saturated heterocycles. The number of benzene rings is 2. The van der Waals surface area contributed by atoms with Gasteiger partial charge in [0.1, 0.15) is 0 Å². The van der Waals surface area contributed by atoms with Gasteiger partial charge in [-0.15, -0.1) is 11.3 Å². The Bertz CT molecular complexity index is 766. The summed E-state index contributed by atoms with van der Waals surface area (Å²) in [6, 6.07) is 14.9. The first-order chi connectivity index (χ1) is 10.2. The van der Waals surface area contributed by atoms with Gasteiger partial charge in [-0.1, -0.05) is 46.3 Å². The molecule has 4 heteroatoms. The molecule has 3 aromatic rings. The summed E-state index contributed by atoms with van der Waals surface area (Å²) >= 11 is 5.39. The molecule has 1 aromatic heterocycles. The maximum Gasteiger partial charge on any atom is 0.0503 e. The summed E-state index contributed by atoms with van der Waals surface area (Å²) in [5, 5.41) is 3.57. The maximum absolute atomic E-state index is 5.82. The normalized spacial score (nSPS) is 12.7. The molecule has 2 nitrogen and oxygen atoms in total. The zero-order valence-electron chi connectivity index (χ0n) is 11.8. The minimum Gasteiger partial charge on any atom is -0.271 e. The van der Waals surface area contributed by atoms with Crippen molar-refractivity contribution in [2.24, 2.45) is 5.84 Å². The van der Waals surface area contributed by atoms with E-state index in [-0.39, 0.29) is 6.04 Å². The van der Waals surface area contributed by atoms with Crippen LogP contribution in [0.2, 0.25) is 0 Å². The minimum absolute atomic E-state index is 0.112. The van der Waals surface area contributed by atoms with Crippen molar-refractivity contribution in [2.75, 3.05) is 0 Å². The van der Waals surface area contributed by atoms with Crippen LogP contribution in [0.15, 0.2) is 52.3 Å². The van der Waals surface area contributed by atoms with Gasteiger partial charge < -0.3 is 0 Å². The van der Waals surface area contributed by atoms with Crippen molar-refractivity contribution in [2.45, 2.75) is 19.4 Å². The highest BCUT2D eigenvalue weighted by atomic mass is 79.9. The van der Waals surface area contributed by atoms with Crippen molar-refractivity contribution in [3.8, 4) is 0 Å². The number of hydrogen-bond donors (Lipinski definition) is 2. The van der Waals surface area contributed by atoms with Gasteiger partial charge in [0.2, 0.25) is 0 Å². The van der Waals surface area contributed by atoms with Crippen LogP contribution in [0.25, 0.3) is 10.1 Å². The summed E-state index contributed by atoms with van der Waals surface area (Å²) in [5.74, 6) is 5.82. The van der Waals surface area contributed by atoms with E-state index >= 15 is 0 Å². The molecule has 0 aliphatic carbocycles. The van der Waals surface area contributed by atoms with Gasteiger partial charge >= 0.3 is 0 Å². The van der Waals surface area contributed by atoms with Gasteiger partial charge in [-0.3, -0.25) is 11.3 Å². The molecule has 108 valence electrons. The zero-order chi connectivity index (χ0) is 14.8. The lowest BCUT2D eigenvalue weighted by Crippen LogP contribution is -2.30. The fourth-order valence-electron chi connectivity index (χ4n) is 2.67. The Labute approximate surface area is 137 Å². The molecule has 0 radical (unpaired) electrons. The lowest BCUT2D eigenvalue weighted by molar-refractivity contribution is 0.551. The van der Waals surface area contributed by atoms with Crippen LogP contribution in [0.1, 0.15) is 22.7 Å².